The van der Waals surface area contributed by atoms with Gasteiger partial charge in [-0.3, -0.25) is 0 Å². The molecule has 18 heavy (non-hydrogen) atoms. The second kappa shape index (κ2) is 4.51. The molecule has 2 aromatic rings. The predicted octanol–water partition coefficient (Wildman–Crippen LogP) is 2.29. The number of benzene rings is 1. The van der Waals surface area contributed by atoms with Gasteiger partial charge in [0, 0.05) is 5.02 Å². The van der Waals surface area contributed by atoms with Crippen LogP contribution in [-0.4, -0.2) is 28.0 Å². The first-order chi connectivity index (χ1) is 8.72. The molecule has 0 spiro atoms. The Morgan fingerprint density at radius 1 is 1.22 bits per heavy atom. The third-order valence-corrected chi connectivity index (χ3v) is 3.22. The summed E-state index contributed by atoms with van der Waals surface area (Å²) in [6.07, 6.45) is 2.94. The average Bonchev–Trinajstić information content (AvgIpc) is 3.00. The van der Waals surface area contributed by atoms with Crippen molar-refractivity contribution in [3.63, 3.8) is 0 Å². The molecule has 3 rings (SSSR count). The highest BCUT2D eigenvalue weighted by Crippen LogP contribution is 2.37. The second-order valence-electron chi connectivity index (χ2n) is 3.74. The number of nitrogens with zero attached hydrogens (tertiary/aromatic N) is 3. The number of hydrogen-bond donors (Lipinski definition) is 0. The van der Waals surface area contributed by atoms with Crippen LogP contribution in [0.3, 0.4) is 0 Å². The molecule has 5 nitrogen and oxygen atoms in total. The van der Waals surface area contributed by atoms with Gasteiger partial charge in [0.25, 0.3) is 0 Å². The van der Waals surface area contributed by atoms with E-state index in [-0.39, 0.29) is 0 Å². The maximum atomic E-state index is 6.21. The molecule has 1 aromatic carbocycles. The van der Waals surface area contributed by atoms with Crippen LogP contribution in [0, 0.1) is 0 Å². The van der Waals surface area contributed by atoms with Gasteiger partial charge in [-0.1, -0.05) is 23.2 Å². The zero-order valence-corrected chi connectivity index (χ0v) is 10.7. The highest BCUT2D eigenvalue weighted by atomic mass is 35.5. The van der Waals surface area contributed by atoms with Gasteiger partial charge in [0.05, 0.1) is 23.8 Å². The van der Waals surface area contributed by atoms with E-state index in [0.29, 0.717) is 28.8 Å². The van der Waals surface area contributed by atoms with E-state index in [2.05, 4.69) is 10.1 Å². The van der Waals surface area contributed by atoms with E-state index in [9.17, 15) is 0 Å². The summed E-state index contributed by atoms with van der Waals surface area (Å²) in [6.45, 7) is 0.914. The van der Waals surface area contributed by atoms with Crippen LogP contribution in [0.15, 0.2) is 30.9 Å². The van der Waals surface area contributed by atoms with Crippen LogP contribution in [0.1, 0.15) is 5.56 Å². The summed E-state index contributed by atoms with van der Waals surface area (Å²) in [7, 11) is 0. The Morgan fingerprint density at radius 3 is 2.61 bits per heavy atom. The summed E-state index contributed by atoms with van der Waals surface area (Å²) in [6, 6.07) is 5.13. The van der Waals surface area contributed by atoms with Crippen LogP contribution < -0.4 is 0 Å². The molecule has 1 aliphatic rings. The molecule has 0 bridgehead atoms. The fourth-order valence-electron chi connectivity index (χ4n) is 1.92. The highest BCUT2D eigenvalue weighted by molar-refractivity contribution is 6.35. The fraction of sp³-hybridized carbons (Fsp3) is 0.273. The minimum absolute atomic E-state index is 0.457. The largest absolute Gasteiger partial charge is 0.325 e. The molecule has 0 unspecified atom stereocenters. The van der Waals surface area contributed by atoms with Crippen molar-refractivity contribution in [3.8, 4) is 0 Å². The zero-order chi connectivity index (χ0) is 12.6. The van der Waals surface area contributed by atoms with E-state index in [1.165, 1.54) is 17.3 Å². The number of rotatable bonds is 2. The lowest BCUT2D eigenvalue weighted by molar-refractivity contribution is -0.195. The molecule has 1 saturated heterocycles. The molecule has 7 heteroatoms. The summed E-state index contributed by atoms with van der Waals surface area (Å²) >= 11 is 12.1. The van der Waals surface area contributed by atoms with Gasteiger partial charge in [0.15, 0.2) is 0 Å². The van der Waals surface area contributed by atoms with Crippen LogP contribution in [0.4, 0.5) is 0 Å². The van der Waals surface area contributed by atoms with Crippen LogP contribution in [0.5, 0.6) is 0 Å². The highest BCUT2D eigenvalue weighted by Gasteiger charge is 2.43. The zero-order valence-electron chi connectivity index (χ0n) is 9.22. The van der Waals surface area contributed by atoms with Crippen molar-refractivity contribution in [2.24, 2.45) is 0 Å². The molecule has 0 saturated carbocycles. The maximum Gasteiger partial charge on any atom is 0.302 e. The molecule has 0 N–H and O–H groups in total. The van der Waals surface area contributed by atoms with Crippen LogP contribution in [0.25, 0.3) is 0 Å². The molecular weight excluding hydrogens is 277 g/mol. The lowest BCUT2D eigenvalue weighted by Gasteiger charge is -2.28. The fourth-order valence-corrected chi connectivity index (χ4v) is 2.45. The van der Waals surface area contributed by atoms with E-state index in [1.54, 1.807) is 18.2 Å². The third-order valence-electron chi connectivity index (χ3n) is 2.67. The Labute approximate surface area is 113 Å². The van der Waals surface area contributed by atoms with Gasteiger partial charge in [0.1, 0.15) is 12.7 Å². The number of halogens is 2. The van der Waals surface area contributed by atoms with Crippen molar-refractivity contribution in [3.05, 3.63) is 46.5 Å². The van der Waals surface area contributed by atoms with Gasteiger partial charge in [-0.15, -0.1) is 0 Å². The Bertz CT molecular complexity index is 553. The average molecular weight is 286 g/mol. The molecule has 0 amide bonds. The second-order valence-corrected chi connectivity index (χ2v) is 4.59. The molecule has 0 aliphatic carbocycles. The first-order valence-corrected chi connectivity index (χ1v) is 6.06. The van der Waals surface area contributed by atoms with E-state index in [1.807, 2.05) is 0 Å². The van der Waals surface area contributed by atoms with Gasteiger partial charge in [-0.25, -0.2) is 4.98 Å². The number of hydrogen-bond acceptors (Lipinski definition) is 4. The Kier molecular flexibility index (Phi) is 2.99. The minimum atomic E-state index is -1.15. The number of aromatic nitrogens is 3. The molecule has 94 valence electrons. The van der Waals surface area contributed by atoms with Crippen molar-refractivity contribution in [1.29, 1.82) is 0 Å². The van der Waals surface area contributed by atoms with Crippen molar-refractivity contribution >= 4 is 23.2 Å². The quantitative estimate of drug-likeness (QED) is 0.850. The van der Waals surface area contributed by atoms with Crippen LogP contribution in [-0.2, 0) is 15.4 Å². The van der Waals surface area contributed by atoms with E-state index >= 15 is 0 Å². The van der Waals surface area contributed by atoms with Crippen molar-refractivity contribution in [2.45, 2.75) is 5.91 Å². The van der Waals surface area contributed by atoms with Gasteiger partial charge in [-0.2, -0.15) is 9.78 Å². The van der Waals surface area contributed by atoms with Gasteiger partial charge < -0.3 is 9.47 Å². The summed E-state index contributed by atoms with van der Waals surface area (Å²) in [5.74, 6) is -1.15. The molecule has 1 aliphatic heterocycles. The van der Waals surface area contributed by atoms with Gasteiger partial charge in [-0.05, 0) is 18.2 Å². The molecule has 1 fully saturated rings. The SMILES string of the molecule is Clc1ccc(C2(n3cncn3)OCCO2)c(Cl)c1. The standard InChI is InChI=1S/C11H9Cl2N3O2/c12-8-1-2-9(10(13)5-8)11(17-3-4-18-11)16-7-14-6-15-16/h1-2,5-7H,3-4H2. The first kappa shape index (κ1) is 11.9. The summed E-state index contributed by atoms with van der Waals surface area (Å²) in [5.41, 5.74) is 0.650. The maximum absolute atomic E-state index is 6.21. The van der Waals surface area contributed by atoms with Crippen LogP contribution >= 0.6 is 23.2 Å². The Balaban J connectivity index is 2.15. The predicted molar refractivity (Wildman–Crippen MR) is 65.5 cm³/mol. The lowest BCUT2D eigenvalue weighted by Crippen LogP contribution is -2.36. The lowest BCUT2D eigenvalue weighted by atomic mass is 10.1. The van der Waals surface area contributed by atoms with Crippen LogP contribution in [0.2, 0.25) is 10.0 Å². The van der Waals surface area contributed by atoms with E-state index < -0.39 is 5.91 Å². The molecule has 0 atom stereocenters. The number of ether oxygens (including phenoxy) is 2. The normalized spacial score (nSPS) is 18.1. The van der Waals surface area contributed by atoms with Crippen molar-refractivity contribution in [2.75, 3.05) is 13.2 Å². The summed E-state index contributed by atoms with van der Waals surface area (Å²) < 4.78 is 12.9. The Hall–Kier alpha value is -1.14. The first-order valence-electron chi connectivity index (χ1n) is 5.31. The van der Waals surface area contributed by atoms with E-state index in [0.717, 1.165) is 0 Å². The Morgan fingerprint density at radius 2 is 2.00 bits per heavy atom. The van der Waals surface area contributed by atoms with Gasteiger partial charge >= 0.3 is 5.91 Å². The third kappa shape index (κ3) is 1.80. The monoisotopic (exact) mass is 285 g/mol. The molecule has 2 heterocycles. The molecular formula is C11H9Cl2N3O2. The summed E-state index contributed by atoms with van der Waals surface area (Å²) in [5, 5.41) is 5.08. The van der Waals surface area contributed by atoms with Crippen molar-refractivity contribution < 1.29 is 9.47 Å². The smallest absolute Gasteiger partial charge is 0.302 e. The van der Waals surface area contributed by atoms with Gasteiger partial charge in [0.2, 0.25) is 0 Å². The van der Waals surface area contributed by atoms with E-state index in [4.69, 9.17) is 32.7 Å². The van der Waals surface area contributed by atoms with Crippen molar-refractivity contribution in [1.82, 2.24) is 14.8 Å². The minimum Gasteiger partial charge on any atom is -0.325 e. The molecule has 1 aromatic heterocycles. The topological polar surface area (TPSA) is 49.2 Å². The molecule has 0 radical (unpaired) electrons. The summed E-state index contributed by atoms with van der Waals surface area (Å²) in [4.78, 5) is 3.91.